The van der Waals surface area contributed by atoms with Gasteiger partial charge in [-0.05, 0) is 23.6 Å². The lowest BCUT2D eigenvalue weighted by Crippen LogP contribution is -2.02. The quantitative estimate of drug-likeness (QED) is 0.628. The summed E-state index contributed by atoms with van der Waals surface area (Å²) in [7, 11) is 1.36. The minimum absolute atomic E-state index is 0.352. The van der Waals surface area contributed by atoms with Crippen LogP contribution < -0.4 is 0 Å². The molecule has 2 rings (SSSR count). The van der Waals surface area contributed by atoms with Gasteiger partial charge in [-0.15, -0.1) is 23.1 Å². The number of nitrogens with zero attached hydrogens (tertiary/aromatic N) is 1. The van der Waals surface area contributed by atoms with Crippen molar-refractivity contribution in [2.24, 2.45) is 0 Å². The summed E-state index contributed by atoms with van der Waals surface area (Å²) in [5.41, 5.74) is 1.44. The maximum absolute atomic E-state index is 11.2. The second-order valence-electron chi connectivity index (χ2n) is 3.25. The Morgan fingerprint density at radius 1 is 1.47 bits per heavy atom. The maximum Gasteiger partial charge on any atom is 0.339 e. The van der Waals surface area contributed by atoms with Crippen molar-refractivity contribution in [3.8, 4) is 0 Å². The number of carbonyl (C=O) groups excluding carboxylic acids is 1. The molecule has 3 nitrogen and oxygen atoms in total. The summed E-state index contributed by atoms with van der Waals surface area (Å²) in [5, 5.41) is 2.05. The predicted octanol–water partition coefficient (Wildman–Crippen LogP) is 3.22. The minimum Gasteiger partial charge on any atom is -0.465 e. The van der Waals surface area contributed by atoms with Crippen LogP contribution in [0.3, 0.4) is 0 Å². The van der Waals surface area contributed by atoms with E-state index in [1.165, 1.54) is 11.3 Å². The number of esters is 1. The zero-order chi connectivity index (χ0) is 12.1. The van der Waals surface area contributed by atoms with Crippen LogP contribution in [0.4, 0.5) is 0 Å². The average Bonchev–Trinajstić information content (AvgIpc) is 2.89. The van der Waals surface area contributed by atoms with Crippen LogP contribution in [0.15, 0.2) is 40.1 Å². The third-order valence-electron chi connectivity index (χ3n) is 2.10. The molecule has 0 aliphatic carbocycles. The normalized spacial score (nSPS) is 10.2. The first kappa shape index (κ1) is 12.1. The van der Waals surface area contributed by atoms with E-state index in [2.05, 4.69) is 21.2 Å². The van der Waals surface area contributed by atoms with Gasteiger partial charge in [-0.25, -0.2) is 4.79 Å². The lowest BCUT2D eigenvalue weighted by Gasteiger charge is -2.01. The smallest absolute Gasteiger partial charge is 0.339 e. The Hall–Kier alpha value is -1.33. The lowest BCUT2D eigenvalue weighted by atomic mass is 10.2. The lowest BCUT2D eigenvalue weighted by molar-refractivity contribution is 0.0600. The number of ether oxygens (including phenoxy) is 1. The Morgan fingerprint density at radius 2 is 2.35 bits per heavy atom. The third-order valence-corrected chi connectivity index (χ3v) is 4.27. The highest BCUT2D eigenvalue weighted by atomic mass is 32.2. The summed E-state index contributed by atoms with van der Waals surface area (Å²) in [4.78, 5) is 15.4. The fraction of sp³-hybridized carbons (Fsp3) is 0.167. The molecule has 0 aliphatic rings. The van der Waals surface area contributed by atoms with Gasteiger partial charge in [0.25, 0.3) is 0 Å². The number of hydrogen-bond acceptors (Lipinski definition) is 5. The van der Waals surface area contributed by atoms with Gasteiger partial charge >= 0.3 is 5.97 Å². The fourth-order valence-corrected chi connectivity index (χ4v) is 2.94. The summed E-state index contributed by atoms with van der Waals surface area (Å²) in [6.45, 7) is 0. The van der Waals surface area contributed by atoms with Crippen LogP contribution in [0, 0.1) is 0 Å². The zero-order valence-electron chi connectivity index (χ0n) is 9.25. The topological polar surface area (TPSA) is 39.2 Å². The van der Waals surface area contributed by atoms with Gasteiger partial charge in [0.1, 0.15) is 0 Å². The van der Waals surface area contributed by atoms with Gasteiger partial charge in [0, 0.05) is 11.9 Å². The Labute approximate surface area is 108 Å². The van der Waals surface area contributed by atoms with Gasteiger partial charge in [0.15, 0.2) is 0 Å². The van der Waals surface area contributed by atoms with Crippen molar-refractivity contribution in [3.63, 3.8) is 0 Å². The summed E-state index contributed by atoms with van der Waals surface area (Å²) in [6.07, 6.45) is 1.55. The van der Waals surface area contributed by atoms with Gasteiger partial charge in [0.05, 0.1) is 22.6 Å². The molecule has 0 saturated heterocycles. The molecule has 0 N–H and O–H groups in total. The summed E-state index contributed by atoms with van der Waals surface area (Å²) >= 11 is 3.45. The Kier molecular flexibility index (Phi) is 4.17. The Morgan fingerprint density at radius 3 is 2.94 bits per heavy atom. The number of rotatable bonds is 4. The molecule has 0 atom stereocenters. The number of pyridine rings is 1. The van der Waals surface area contributed by atoms with Crippen molar-refractivity contribution in [2.45, 2.75) is 9.96 Å². The molecular formula is C12H11NO2S2. The molecule has 0 fully saturated rings. The van der Waals surface area contributed by atoms with Crippen LogP contribution in [-0.2, 0) is 10.5 Å². The number of aromatic nitrogens is 1. The fourth-order valence-electron chi connectivity index (χ4n) is 1.24. The van der Waals surface area contributed by atoms with Crippen LogP contribution in [0.2, 0.25) is 0 Å². The largest absolute Gasteiger partial charge is 0.465 e. The van der Waals surface area contributed by atoms with E-state index in [1.54, 1.807) is 35.4 Å². The van der Waals surface area contributed by atoms with Crippen molar-refractivity contribution in [1.29, 1.82) is 0 Å². The van der Waals surface area contributed by atoms with Crippen molar-refractivity contribution in [2.75, 3.05) is 7.11 Å². The van der Waals surface area contributed by atoms with E-state index in [0.29, 0.717) is 5.56 Å². The Balaban J connectivity index is 1.96. The standard InChI is InChI=1S/C12H11NO2S2/c1-15-12(14)9-4-5-10(13-7-9)8-17-11-3-2-6-16-11/h2-7H,8H2,1H3. The van der Waals surface area contributed by atoms with E-state index in [-0.39, 0.29) is 5.97 Å². The van der Waals surface area contributed by atoms with E-state index >= 15 is 0 Å². The second-order valence-corrected chi connectivity index (χ2v) is 5.47. The highest BCUT2D eigenvalue weighted by molar-refractivity contribution is 8.00. The molecule has 0 aromatic carbocycles. The van der Waals surface area contributed by atoms with Gasteiger partial charge < -0.3 is 4.74 Å². The first-order valence-electron chi connectivity index (χ1n) is 4.99. The zero-order valence-corrected chi connectivity index (χ0v) is 10.9. The number of carbonyl (C=O) groups is 1. The molecule has 5 heteroatoms. The highest BCUT2D eigenvalue weighted by Crippen LogP contribution is 2.26. The monoisotopic (exact) mass is 265 g/mol. The van der Waals surface area contributed by atoms with E-state index < -0.39 is 0 Å². The molecule has 0 saturated carbocycles. The van der Waals surface area contributed by atoms with E-state index in [4.69, 9.17) is 0 Å². The van der Waals surface area contributed by atoms with Gasteiger partial charge in [-0.3, -0.25) is 4.98 Å². The van der Waals surface area contributed by atoms with Crippen molar-refractivity contribution in [1.82, 2.24) is 4.98 Å². The highest BCUT2D eigenvalue weighted by Gasteiger charge is 2.05. The molecule has 0 unspecified atom stereocenters. The molecule has 2 aromatic rings. The van der Waals surface area contributed by atoms with Crippen molar-refractivity contribution < 1.29 is 9.53 Å². The van der Waals surface area contributed by atoms with E-state index in [0.717, 1.165) is 11.4 Å². The minimum atomic E-state index is -0.352. The number of methoxy groups -OCH3 is 1. The van der Waals surface area contributed by atoms with Crippen LogP contribution in [-0.4, -0.2) is 18.1 Å². The third kappa shape index (κ3) is 3.31. The average molecular weight is 265 g/mol. The summed E-state index contributed by atoms with van der Waals surface area (Å²) in [6, 6.07) is 7.70. The molecule has 2 aromatic heterocycles. The number of hydrogen-bond donors (Lipinski definition) is 0. The van der Waals surface area contributed by atoms with E-state index in [9.17, 15) is 4.79 Å². The SMILES string of the molecule is COC(=O)c1ccc(CSc2cccs2)nc1. The van der Waals surface area contributed by atoms with Gasteiger partial charge in [-0.2, -0.15) is 0 Å². The summed E-state index contributed by atoms with van der Waals surface area (Å²) in [5.74, 6) is 0.456. The predicted molar refractivity (Wildman–Crippen MR) is 69.5 cm³/mol. The maximum atomic E-state index is 11.2. The van der Waals surface area contributed by atoms with Crippen molar-refractivity contribution in [3.05, 3.63) is 47.1 Å². The molecular weight excluding hydrogens is 254 g/mol. The van der Waals surface area contributed by atoms with Crippen LogP contribution in [0.25, 0.3) is 0 Å². The van der Waals surface area contributed by atoms with Crippen LogP contribution >= 0.6 is 23.1 Å². The van der Waals surface area contributed by atoms with Gasteiger partial charge in [-0.1, -0.05) is 6.07 Å². The number of thioether (sulfide) groups is 1. The molecule has 0 radical (unpaired) electrons. The van der Waals surface area contributed by atoms with Crippen LogP contribution in [0.1, 0.15) is 16.1 Å². The van der Waals surface area contributed by atoms with Crippen molar-refractivity contribution >= 4 is 29.1 Å². The Bertz CT molecular complexity index is 480. The first-order chi connectivity index (χ1) is 8.29. The molecule has 88 valence electrons. The molecule has 17 heavy (non-hydrogen) atoms. The van der Waals surface area contributed by atoms with Crippen LogP contribution in [0.5, 0.6) is 0 Å². The van der Waals surface area contributed by atoms with E-state index in [1.807, 2.05) is 12.1 Å². The second kappa shape index (κ2) is 5.84. The molecule has 0 bridgehead atoms. The molecule has 0 aliphatic heterocycles. The van der Waals surface area contributed by atoms with Gasteiger partial charge in [0.2, 0.25) is 0 Å². The molecule has 0 spiro atoms. The first-order valence-corrected chi connectivity index (χ1v) is 6.85. The number of thiophene rings is 1. The molecule has 0 amide bonds. The molecule has 2 heterocycles. The summed E-state index contributed by atoms with van der Waals surface area (Å²) < 4.78 is 5.88.